The summed E-state index contributed by atoms with van der Waals surface area (Å²) in [6.07, 6.45) is 4.21. The highest BCUT2D eigenvalue weighted by Crippen LogP contribution is 2.26. The number of halogens is 1. The van der Waals surface area contributed by atoms with E-state index in [1.54, 1.807) is 48.5 Å². The normalized spacial score (nSPS) is 14.1. The standard InChI is InChI=1S/C23H22ClN5O3/c24-18-6-5-16(13-20(18)28-23(32)19-3-1-2-10-25-19)27-22(31)15-4-7-21(26-14-15)29-11-8-17(30)9-12-29/h1-7,10,13-14,17,30H,8-9,11-12H2,(H,27,31)(H,28,32). The van der Waals surface area contributed by atoms with Crippen LogP contribution in [0.4, 0.5) is 17.2 Å². The molecule has 3 aromatic rings. The summed E-state index contributed by atoms with van der Waals surface area (Å²) >= 11 is 6.20. The van der Waals surface area contributed by atoms with Crippen molar-refractivity contribution in [3.05, 3.63) is 77.2 Å². The summed E-state index contributed by atoms with van der Waals surface area (Å²) in [6.45, 7) is 1.47. The molecule has 2 aromatic heterocycles. The minimum atomic E-state index is -0.402. The maximum Gasteiger partial charge on any atom is 0.274 e. The molecule has 0 atom stereocenters. The molecule has 0 bridgehead atoms. The smallest absolute Gasteiger partial charge is 0.274 e. The van der Waals surface area contributed by atoms with Crippen LogP contribution in [0.25, 0.3) is 0 Å². The molecule has 4 rings (SSSR count). The molecular formula is C23H22ClN5O3. The van der Waals surface area contributed by atoms with Gasteiger partial charge in [0.05, 0.1) is 22.4 Å². The first kappa shape index (κ1) is 21.7. The third-order valence-electron chi connectivity index (χ3n) is 5.17. The van der Waals surface area contributed by atoms with Crippen LogP contribution < -0.4 is 15.5 Å². The van der Waals surface area contributed by atoms with Crippen LogP contribution in [-0.4, -0.2) is 46.1 Å². The monoisotopic (exact) mass is 451 g/mol. The van der Waals surface area contributed by atoms with Crippen LogP contribution >= 0.6 is 11.6 Å². The summed E-state index contributed by atoms with van der Waals surface area (Å²) in [5.74, 6) is 0.0444. The van der Waals surface area contributed by atoms with Gasteiger partial charge < -0.3 is 20.6 Å². The molecule has 164 valence electrons. The Kier molecular flexibility index (Phi) is 6.63. The molecule has 1 aliphatic rings. The SMILES string of the molecule is O=C(Nc1ccc(Cl)c(NC(=O)c2ccccn2)c1)c1ccc(N2CCC(O)CC2)nc1. The molecule has 0 unspecified atom stereocenters. The van der Waals surface area contributed by atoms with Gasteiger partial charge in [0.15, 0.2) is 0 Å². The number of hydrogen-bond acceptors (Lipinski definition) is 6. The predicted molar refractivity (Wildman–Crippen MR) is 123 cm³/mol. The molecule has 0 aliphatic carbocycles. The molecule has 9 heteroatoms. The second-order valence-corrected chi connectivity index (χ2v) is 7.85. The average molecular weight is 452 g/mol. The van der Waals surface area contributed by atoms with Crippen LogP contribution in [0, 0.1) is 0 Å². The van der Waals surface area contributed by atoms with Crippen molar-refractivity contribution in [2.75, 3.05) is 28.6 Å². The topological polar surface area (TPSA) is 107 Å². The third kappa shape index (κ3) is 5.22. The van der Waals surface area contributed by atoms with Crippen LogP contribution in [0.1, 0.15) is 33.7 Å². The third-order valence-corrected chi connectivity index (χ3v) is 5.50. The lowest BCUT2D eigenvalue weighted by atomic mass is 10.1. The van der Waals surface area contributed by atoms with E-state index in [0.29, 0.717) is 34.8 Å². The number of aliphatic hydroxyl groups is 1. The first-order valence-corrected chi connectivity index (χ1v) is 10.6. The molecule has 1 aliphatic heterocycles. The van der Waals surface area contributed by atoms with Gasteiger partial charge in [0.2, 0.25) is 0 Å². The number of anilines is 3. The number of amides is 2. The molecule has 3 N–H and O–H groups in total. The van der Waals surface area contributed by atoms with Crippen LogP contribution in [0.3, 0.4) is 0 Å². The van der Waals surface area contributed by atoms with Crippen LogP contribution in [-0.2, 0) is 0 Å². The average Bonchev–Trinajstić information content (AvgIpc) is 2.82. The Balaban J connectivity index is 1.42. The number of aromatic nitrogens is 2. The quantitative estimate of drug-likeness (QED) is 0.547. The summed E-state index contributed by atoms with van der Waals surface area (Å²) in [7, 11) is 0. The molecular weight excluding hydrogens is 430 g/mol. The van der Waals surface area contributed by atoms with Crippen molar-refractivity contribution in [3.63, 3.8) is 0 Å². The summed E-state index contributed by atoms with van der Waals surface area (Å²) in [5.41, 5.74) is 1.50. The molecule has 0 radical (unpaired) electrons. The number of nitrogens with one attached hydrogen (secondary N) is 2. The van der Waals surface area contributed by atoms with Gasteiger partial charge in [0, 0.05) is 31.2 Å². The highest BCUT2D eigenvalue weighted by Gasteiger charge is 2.18. The van der Waals surface area contributed by atoms with E-state index in [2.05, 4.69) is 25.5 Å². The van der Waals surface area contributed by atoms with Crippen LogP contribution in [0.2, 0.25) is 5.02 Å². The van der Waals surface area contributed by atoms with Crippen molar-refractivity contribution < 1.29 is 14.7 Å². The van der Waals surface area contributed by atoms with Crippen molar-refractivity contribution in [2.24, 2.45) is 0 Å². The summed E-state index contributed by atoms with van der Waals surface area (Å²) in [5, 5.41) is 15.5. The van der Waals surface area contributed by atoms with E-state index in [1.807, 2.05) is 0 Å². The number of piperidine rings is 1. The molecule has 32 heavy (non-hydrogen) atoms. The van der Waals surface area contributed by atoms with Gasteiger partial charge in [-0.2, -0.15) is 0 Å². The molecule has 1 saturated heterocycles. The first-order chi connectivity index (χ1) is 15.5. The Bertz CT molecular complexity index is 1100. The van der Waals surface area contributed by atoms with E-state index >= 15 is 0 Å². The summed E-state index contributed by atoms with van der Waals surface area (Å²) in [4.78, 5) is 35.5. The largest absolute Gasteiger partial charge is 0.393 e. The number of nitrogens with zero attached hydrogens (tertiary/aromatic N) is 3. The lowest BCUT2D eigenvalue weighted by molar-refractivity contribution is 0.101. The van der Waals surface area contributed by atoms with Crippen molar-refractivity contribution >= 4 is 40.6 Å². The fraction of sp³-hybridized carbons (Fsp3) is 0.217. The van der Waals surface area contributed by atoms with E-state index in [4.69, 9.17) is 11.6 Å². The van der Waals surface area contributed by atoms with E-state index in [9.17, 15) is 14.7 Å². The molecule has 8 nitrogen and oxygen atoms in total. The van der Waals surface area contributed by atoms with Gasteiger partial charge >= 0.3 is 0 Å². The predicted octanol–water partition coefficient (Wildman–Crippen LogP) is 3.60. The molecule has 0 spiro atoms. The fourth-order valence-corrected chi connectivity index (χ4v) is 3.55. The van der Waals surface area contributed by atoms with E-state index in [1.165, 1.54) is 12.4 Å². The number of carbonyl (C=O) groups excluding carboxylic acids is 2. The van der Waals surface area contributed by atoms with Gasteiger partial charge in [-0.15, -0.1) is 0 Å². The number of carbonyl (C=O) groups is 2. The zero-order valence-corrected chi connectivity index (χ0v) is 17.9. The van der Waals surface area contributed by atoms with E-state index < -0.39 is 5.91 Å². The molecule has 2 amide bonds. The Hall–Kier alpha value is -3.49. The maximum absolute atomic E-state index is 12.7. The minimum absolute atomic E-state index is 0.255. The highest BCUT2D eigenvalue weighted by molar-refractivity contribution is 6.34. The van der Waals surface area contributed by atoms with Gasteiger partial charge in [0.1, 0.15) is 11.5 Å². The van der Waals surface area contributed by atoms with Gasteiger partial charge in [-0.1, -0.05) is 17.7 Å². The maximum atomic E-state index is 12.7. The van der Waals surface area contributed by atoms with Crippen LogP contribution in [0.15, 0.2) is 60.9 Å². The minimum Gasteiger partial charge on any atom is -0.393 e. The lowest BCUT2D eigenvalue weighted by Gasteiger charge is -2.30. The summed E-state index contributed by atoms with van der Waals surface area (Å²) < 4.78 is 0. The second kappa shape index (κ2) is 9.76. The Labute approximate surface area is 190 Å². The second-order valence-electron chi connectivity index (χ2n) is 7.44. The Morgan fingerprint density at radius 3 is 2.50 bits per heavy atom. The Morgan fingerprint density at radius 2 is 1.81 bits per heavy atom. The number of hydrogen-bond donors (Lipinski definition) is 3. The van der Waals surface area contributed by atoms with Crippen molar-refractivity contribution in [1.29, 1.82) is 0 Å². The lowest BCUT2D eigenvalue weighted by Crippen LogP contribution is -2.36. The first-order valence-electron chi connectivity index (χ1n) is 10.2. The zero-order chi connectivity index (χ0) is 22.5. The number of aliphatic hydroxyl groups excluding tert-OH is 1. The summed E-state index contributed by atoms with van der Waals surface area (Å²) in [6, 6.07) is 13.4. The molecule has 1 aromatic carbocycles. The van der Waals surface area contributed by atoms with E-state index in [0.717, 1.165) is 18.9 Å². The number of rotatable bonds is 5. The van der Waals surface area contributed by atoms with Gasteiger partial charge in [-0.3, -0.25) is 14.6 Å². The Morgan fingerprint density at radius 1 is 1.00 bits per heavy atom. The van der Waals surface area contributed by atoms with Crippen LogP contribution in [0.5, 0.6) is 0 Å². The molecule has 1 fully saturated rings. The van der Waals surface area contributed by atoms with Crippen molar-refractivity contribution in [3.8, 4) is 0 Å². The number of pyridine rings is 2. The van der Waals surface area contributed by atoms with E-state index in [-0.39, 0.29) is 17.7 Å². The highest BCUT2D eigenvalue weighted by atomic mass is 35.5. The fourth-order valence-electron chi connectivity index (χ4n) is 3.39. The van der Waals surface area contributed by atoms with Crippen molar-refractivity contribution in [2.45, 2.75) is 18.9 Å². The van der Waals surface area contributed by atoms with Crippen molar-refractivity contribution in [1.82, 2.24) is 9.97 Å². The van der Waals surface area contributed by atoms with Gasteiger partial charge in [-0.25, -0.2) is 4.98 Å². The molecule has 0 saturated carbocycles. The van der Waals surface area contributed by atoms with Gasteiger partial charge in [-0.05, 0) is 55.3 Å². The van der Waals surface area contributed by atoms with Gasteiger partial charge in [0.25, 0.3) is 11.8 Å². The zero-order valence-electron chi connectivity index (χ0n) is 17.2. The molecule has 3 heterocycles. The number of benzene rings is 1.